The number of aliphatic hydroxyl groups is 1. The van der Waals surface area contributed by atoms with Gasteiger partial charge in [0.05, 0.1) is 21.3 Å². The van der Waals surface area contributed by atoms with Crippen molar-refractivity contribution in [1.29, 1.82) is 0 Å². The van der Waals surface area contributed by atoms with E-state index in [2.05, 4.69) is 5.32 Å². The van der Waals surface area contributed by atoms with Crippen molar-refractivity contribution in [3.8, 4) is 17.2 Å². The lowest BCUT2D eigenvalue weighted by Gasteiger charge is -2.16. The first-order valence-electron chi connectivity index (χ1n) is 6.01. The molecule has 1 unspecified atom stereocenters. The number of nitrogens with two attached hydrogens (primary N) is 1. The predicted octanol–water partition coefficient (Wildman–Crippen LogP) is -0.352. The maximum absolute atomic E-state index is 10.7. The summed E-state index contributed by atoms with van der Waals surface area (Å²) in [5.74, 6) is 0.819. The third kappa shape index (κ3) is 3.75. The van der Waals surface area contributed by atoms with Gasteiger partial charge in [-0.2, -0.15) is 0 Å². The Kier molecular flexibility index (Phi) is 6.08. The Labute approximate surface area is 117 Å². The van der Waals surface area contributed by atoms with Crippen molar-refractivity contribution in [1.82, 2.24) is 5.32 Å². The molecule has 0 fully saturated rings. The smallest absolute Gasteiger partial charge is 0.247 e. The number of rotatable bonds is 8. The van der Waals surface area contributed by atoms with Crippen LogP contribution in [0.2, 0.25) is 0 Å². The van der Waals surface area contributed by atoms with E-state index in [-0.39, 0.29) is 6.54 Å². The van der Waals surface area contributed by atoms with Crippen molar-refractivity contribution in [2.45, 2.75) is 12.6 Å². The van der Waals surface area contributed by atoms with Crippen LogP contribution in [-0.2, 0) is 11.3 Å². The SMILES string of the molecule is COc1ccc(CNCC(O)C(N)=O)c(OC)c1OC. The molecule has 0 aliphatic rings. The van der Waals surface area contributed by atoms with E-state index in [4.69, 9.17) is 19.9 Å². The highest BCUT2D eigenvalue weighted by atomic mass is 16.5. The molecule has 0 aromatic heterocycles. The van der Waals surface area contributed by atoms with Gasteiger partial charge in [0.15, 0.2) is 11.5 Å². The average Bonchev–Trinajstić information content (AvgIpc) is 2.45. The highest BCUT2D eigenvalue weighted by molar-refractivity contribution is 5.78. The molecule has 0 spiro atoms. The Bertz CT molecular complexity index is 464. The Hall–Kier alpha value is -1.99. The van der Waals surface area contributed by atoms with E-state index >= 15 is 0 Å². The molecule has 1 amide bonds. The Balaban J connectivity index is 2.82. The zero-order valence-electron chi connectivity index (χ0n) is 11.8. The van der Waals surface area contributed by atoms with Crippen molar-refractivity contribution < 1.29 is 24.1 Å². The zero-order chi connectivity index (χ0) is 15.1. The minimum absolute atomic E-state index is 0.0623. The monoisotopic (exact) mass is 284 g/mol. The molecule has 0 aliphatic heterocycles. The van der Waals surface area contributed by atoms with E-state index in [0.29, 0.717) is 23.8 Å². The molecule has 1 aromatic carbocycles. The summed E-state index contributed by atoms with van der Waals surface area (Å²) in [7, 11) is 4.59. The molecule has 1 atom stereocenters. The van der Waals surface area contributed by atoms with E-state index < -0.39 is 12.0 Å². The number of ether oxygens (including phenoxy) is 3. The van der Waals surface area contributed by atoms with E-state index in [9.17, 15) is 9.90 Å². The molecule has 0 radical (unpaired) electrons. The Morgan fingerprint density at radius 3 is 2.40 bits per heavy atom. The van der Waals surface area contributed by atoms with Crippen molar-refractivity contribution >= 4 is 5.91 Å². The number of carbonyl (C=O) groups is 1. The fourth-order valence-corrected chi connectivity index (χ4v) is 1.75. The number of primary amides is 1. The first-order valence-corrected chi connectivity index (χ1v) is 6.01. The summed E-state index contributed by atoms with van der Waals surface area (Å²) >= 11 is 0. The molecular weight excluding hydrogens is 264 g/mol. The van der Waals surface area contributed by atoms with Crippen LogP contribution >= 0.6 is 0 Å². The van der Waals surface area contributed by atoms with Crippen LogP contribution < -0.4 is 25.3 Å². The van der Waals surface area contributed by atoms with Gasteiger partial charge in [-0.05, 0) is 6.07 Å². The highest BCUT2D eigenvalue weighted by Crippen LogP contribution is 2.39. The Morgan fingerprint density at radius 2 is 1.90 bits per heavy atom. The molecule has 0 saturated carbocycles. The number of benzene rings is 1. The molecule has 1 aromatic rings. The van der Waals surface area contributed by atoms with Crippen molar-refractivity contribution in [2.75, 3.05) is 27.9 Å². The number of amides is 1. The largest absolute Gasteiger partial charge is 0.493 e. The van der Waals surface area contributed by atoms with Crippen LogP contribution in [0.4, 0.5) is 0 Å². The van der Waals surface area contributed by atoms with Gasteiger partial charge in [0.1, 0.15) is 6.10 Å². The normalized spacial score (nSPS) is 11.8. The number of aliphatic hydroxyl groups excluding tert-OH is 1. The van der Waals surface area contributed by atoms with Crippen LogP contribution in [0.3, 0.4) is 0 Å². The molecule has 0 bridgehead atoms. The fourth-order valence-electron chi connectivity index (χ4n) is 1.75. The van der Waals surface area contributed by atoms with E-state index in [1.807, 2.05) is 6.07 Å². The number of hydrogen-bond acceptors (Lipinski definition) is 6. The summed E-state index contributed by atoms with van der Waals surface area (Å²) in [6.07, 6.45) is -1.22. The molecule has 1 rings (SSSR count). The third-order valence-electron chi connectivity index (χ3n) is 2.77. The molecule has 7 heteroatoms. The lowest BCUT2D eigenvalue weighted by Crippen LogP contribution is -2.37. The molecule has 20 heavy (non-hydrogen) atoms. The molecular formula is C13H20N2O5. The van der Waals surface area contributed by atoms with Gasteiger partial charge in [-0.25, -0.2) is 0 Å². The summed E-state index contributed by atoms with van der Waals surface area (Å²) in [5, 5.41) is 12.2. The highest BCUT2D eigenvalue weighted by Gasteiger charge is 2.16. The third-order valence-corrected chi connectivity index (χ3v) is 2.77. The molecule has 0 aliphatic carbocycles. The number of hydrogen-bond donors (Lipinski definition) is 3. The summed E-state index contributed by atoms with van der Waals surface area (Å²) in [4.78, 5) is 10.7. The Morgan fingerprint density at radius 1 is 1.25 bits per heavy atom. The maximum Gasteiger partial charge on any atom is 0.247 e. The van der Waals surface area contributed by atoms with E-state index in [1.165, 1.54) is 14.2 Å². The van der Waals surface area contributed by atoms with Gasteiger partial charge in [-0.3, -0.25) is 4.79 Å². The maximum atomic E-state index is 10.7. The predicted molar refractivity (Wildman–Crippen MR) is 73.0 cm³/mol. The van der Waals surface area contributed by atoms with Gasteiger partial charge in [0, 0.05) is 18.7 Å². The van der Waals surface area contributed by atoms with Gasteiger partial charge in [0.25, 0.3) is 0 Å². The molecule has 0 heterocycles. The van der Waals surface area contributed by atoms with Gasteiger partial charge in [-0.15, -0.1) is 0 Å². The van der Waals surface area contributed by atoms with Crippen LogP contribution in [0, 0.1) is 0 Å². The topological polar surface area (TPSA) is 103 Å². The second-order valence-corrected chi connectivity index (χ2v) is 4.04. The second-order valence-electron chi connectivity index (χ2n) is 4.04. The summed E-state index contributed by atoms with van der Waals surface area (Å²) in [6.45, 7) is 0.445. The van der Waals surface area contributed by atoms with Crippen molar-refractivity contribution in [3.05, 3.63) is 17.7 Å². The second kappa shape index (κ2) is 7.56. The van der Waals surface area contributed by atoms with Crippen LogP contribution in [0.5, 0.6) is 17.2 Å². The number of nitrogens with one attached hydrogen (secondary N) is 1. The van der Waals surface area contributed by atoms with Crippen molar-refractivity contribution in [2.24, 2.45) is 5.73 Å². The molecule has 7 nitrogen and oxygen atoms in total. The first kappa shape index (κ1) is 16.1. The van der Waals surface area contributed by atoms with Crippen LogP contribution in [-0.4, -0.2) is 45.0 Å². The number of carbonyl (C=O) groups excluding carboxylic acids is 1. The van der Waals surface area contributed by atoms with Gasteiger partial charge in [0.2, 0.25) is 11.7 Å². The quantitative estimate of drug-likeness (QED) is 0.603. The minimum atomic E-state index is -1.22. The lowest BCUT2D eigenvalue weighted by molar-refractivity contribution is -0.125. The van der Waals surface area contributed by atoms with Crippen molar-refractivity contribution in [3.63, 3.8) is 0 Å². The van der Waals surface area contributed by atoms with E-state index in [0.717, 1.165) is 5.56 Å². The summed E-state index contributed by atoms with van der Waals surface area (Å²) in [6, 6.07) is 3.56. The minimum Gasteiger partial charge on any atom is -0.493 e. The summed E-state index contributed by atoms with van der Waals surface area (Å²) in [5.41, 5.74) is 5.77. The van der Waals surface area contributed by atoms with E-state index in [1.54, 1.807) is 13.2 Å². The molecule has 4 N–H and O–H groups in total. The fraction of sp³-hybridized carbons (Fsp3) is 0.462. The standard InChI is InChI=1S/C13H20N2O5/c1-18-10-5-4-8(11(19-2)12(10)20-3)6-15-7-9(16)13(14)17/h4-5,9,15-16H,6-7H2,1-3H3,(H2,14,17). The van der Waals surface area contributed by atoms with Crippen LogP contribution in [0.15, 0.2) is 12.1 Å². The average molecular weight is 284 g/mol. The van der Waals surface area contributed by atoms with Gasteiger partial charge < -0.3 is 30.4 Å². The zero-order valence-corrected chi connectivity index (χ0v) is 11.8. The number of methoxy groups -OCH3 is 3. The van der Waals surface area contributed by atoms with Crippen LogP contribution in [0.25, 0.3) is 0 Å². The molecule has 112 valence electrons. The van der Waals surface area contributed by atoms with Gasteiger partial charge in [-0.1, -0.05) is 6.07 Å². The summed E-state index contributed by atoms with van der Waals surface area (Å²) < 4.78 is 15.8. The molecule has 0 saturated heterocycles. The van der Waals surface area contributed by atoms with Gasteiger partial charge >= 0.3 is 0 Å². The first-order chi connectivity index (χ1) is 9.54. The lowest BCUT2D eigenvalue weighted by atomic mass is 10.1. The van der Waals surface area contributed by atoms with Crippen LogP contribution in [0.1, 0.15) is 5.56 Å².